The van der Waals surface area contributed by atoms with Crippen molar-refractivity contribution in [3.8, 4) is 0 Å². The zero-order valence-electron chi connectivity index (χ0n) is 10.3. The lowest BCUT2D eigenvalue weighted by Crippen LogP contribution is -2.29. The van der Waals surface area contributed by atoms with Crippen molar-refractivity contribution in [3.05, 3.63) is 12.7 Å². The van der Waals surface area contributed by atoms with E-state index in [1.165, 1.54) is 0 Å². The Hall–Kier alpha value is -0.750. The molecule has 0 unspecified atom stereocenters. The highest BCUT2D eigenvalue weighted by Crippen LogP contribution is 2.30. The van der Waals surface area contributed by atoms with Gasteiger partial charge in [-0.25, -0.2) is 0 Å². The molecule has 5 nitrogen and oxygen atoms in total. The minimum Gasteiger partial charge on any atom is -0.382 e. The Labute approximate surface area is 102 Å². The summed E-state index contributed by atoms with van der Waals surface area (Å²) in [6.45, 7) is 6.86. The third kappa shape index (κ3) is 4.55. The second-order valence-corrected chi connectivity index (χ2v) is 3.95. The first-order chi connectivity index (χ1) is 8.24. The molecular weight excluding hydrogens is 224 g/mol. The molecule has 0 aromatic rings. The predicted molar refractivity (Wildman–Crippen MR) is 61.7 cm³/mol. The Balaban J connectivity index is 2.27. The third-order valence-corrected chi connectivity index (χ3v) is 2.69. The number of hydrogen-bond acceptors (Lipinski definition) is 5. The summed E-state index contributed by atoms with van der Waals surface area (Å²) in [6, 6.07) is 0. The second kappa shape index (κ2) is 7.55. The molecule has 98 valence electrons. The minimum absolute atomic E-state index is 0.107. The lowest BCUT2D eigenvalue weighted by Gasteiger charge is -2.20. The topological polar surface area (TPSA) is 57.3 Å². The van der Waals surface area contributed by atoms with Crippen LogP contribution in [0, 0.1) is 5.92 Å². The normalized spacial score (nSPS) is 26.2. The molecular formula is C12H20O5. The van der Waals surface area contributed by atoms with Gasteiger partial charge in [0.2, 0.25) is 0 Å². The summed E-state index contributed by atoms with van der Waals surface area (Å²) in [4.78, 5) is 10.6. The number of epoxide rings is 1. The van der Waals surface area contributed by atoms with E-state index in [0.717, 1.165) is 6.29 Å². The zero-order chi connectivity index (χ0) is 12.7. The van der Waals surface area contributed by atoms with Gasteiger partial charge in [0.1, 0.15) is 19.0 Å². The Morgan fingerprint density at radius 1 is 1.47 bits per heavy atom. The van der Waals surface area contributed by atoms with Gasteiger partial charge in [-0.3, -0.25) is 0 Å². The van der Waals surface area contributed by atoms with E-state index in [0.29, 0.717) is 13.2 Å². The molecule has 1 aliphatic heterocycles. The Bertz CT molecular complexity index is 243. The Morgan fingerprint density at radius 2 is 2.24 bits per heavy atom. The average Bonchev–Trinajstić information content (AvgIpc) is 3.12. The molecule has 0 aromatic heterocycles. The minimum atomic E-state index is -0.346. The molecule has 0 amide bonds. The van der Waals surface area contributed by atoms with Gasteiger partial charge in [-0.2, -0.15) is 0 Å². The van der Waals surface area contributed by atoms with E-state index < -0.39 is 0 Å². The lowest BCUT2D eigenvalue weighted by molar-refractivity contribution is -0.113. The van der Waals surface area contributed by atoms with Crippen LogP contribution in [0.25, 0.3) is 0 Å². The summed E-state index contributed by atoms with van der Waals surface area (Å²) in [7, 11) is 1.61. The van der Waals surface area contributed by atoms with E-state index in [1.54, 1.807) is 13.2 Å². The van der Waals surface area contributed by atoms with Crippen LogP contribution in [0.2, 0.25) is 0 Å². The van der Waals surface area contributed by atoms with Crippen molar-refractivity contribution in [2.75, 3.05) is 27.1 Å². The summed E-state index contributed by atoms with van der Waals surface area (Å²) in [5, 5.41) is 0. The number of carbonyl (C=O) groups is 1. The maximum atomic E-state index is 10.6. The fraction of sp³-hybridized carbons (Fsp3) is 0.750. The average molecular weight is 244 g/mol. The second-order valence-electron chi connectivity index (χ2n) is 3.95. The maximum Gasteiger partial charge on any atom is 0.151 e. The smallest absolute Gasteiger partial charge is 0.151 e. The van der Waals surface area contributed by atoms with Gasteiger partial charge in [0, 0.05) is 13.0 Å². The first-order valence-corrected chi connectivity index (χ1v) is 5.66. The molecule has 17 heavy (non-hydrogen) atoms. The van der Waals surface area contributed by atoms with Crippen molar-refractivity contribution in [1.29, 1.82) is 0 Å². The van der Waals surface area contributed by atoms with Crippen LogP contribution in [-0.2, 0) is 23.7 Å². The van der Waals surface area contributed by atoms with Gasteiger partial charge in [0.05, 0.1) is 19.3 Å². The molecule has 1 saturated heterocycles. The fourth-order valence-corrected chi connectivity index (χ4v) is 1.52. The van der Waals surface area contributed by atoms with Gasteiger partial charge in [0.15, 0.2) is 6.29 Å². The van der Waals surface area contributed by atoms with Crippen LogP contribution in [0.5, 0.6) is 0 Å². The lowest BCUT2D eigenvalue weighted by atomic mass is 10.0. The fourth-order valence-electron chi connectivity index (χ4n) is 1.52. The van der Waals surface area contributed by atoms with Crippen LogP contribution in [0.15, 0.2) is 12.7 Å². The van der Waals surface area contributed by atoms with Gasteiger partial charge in [-0.15, -0.1) is 6.58 Å². The van der Waals surface area contributed by atoms with E-state index in [-0.39, 0.29) is 31.0 Å². The van der Waals surface area contributed by atoms with Gasteiger partial charge in [-0.05, 0) is 0 Å². The highest BCUT2D eigenvalue weighted by atomic mass is 16.7. The molecule has 5 heteroatoms. The standard InChI is InChI=1S/C12H20O5/c1-4-9(2)11(12-10(7-13)17-12)16-8-15-6-5-14-3/h4,7,9-12H,1,5-6,8H2,2-3H3/t9-,10-,11+,12+/m1/s1. The molecule has 1 heterocycles. The van der Waals surface area contributed by atoms with Gasteiger partial charge >= 0.3 is 0 Å². The van der Waals surface area contributed by atoms with E-state index in [9.17, 15) is 4.79 Å². The SMILES string of the molecule is C=C[C@@H](C)[C@H](OCOCCOC)[C@H]1O[C@@H]1C=O. The largest absolute Gasteiger partial charge is 0.382 e. The summed E-state index contributed by atoms with van der Waals surface area (Å²) in [5.41, 5.74) is 0. The van der Waals surface area contributed by atoms with Crippen molar-refractivity contribution in [2.24, 2.45) is 5.92 Å². The van der Waals surface area contributed by atoms with Crippen LogP contribution in [-0.4, -0.2) is 51.7 Å². The molecule has 0 aromatic carbocycles. The van der Waals surface area contributed by atoms with E-state index in [2.05, 4.69) is 6.58 Å². The molecule has 0 N–H and O–H groups in total. The summed E-state index contributed by atoms with van der Waals surface area (Å²) in [5.74, 6) is 0.107. The number of rotatable bonds is 10. The Kier molecular flexibility index (Phi) is 6.36. The van der Waals surface area contributed by atoms with Crippen LogP contribution in [0.1, 0.15) is 6.92 Å². The molecule has 1 fully saturated rings. The number of ether oxygens (including phenoxy) is 4. The first kappa shape index (κ1) is 14.3. The van der Waals surface area contributed by atoms with Crippen molar-refractivity contribution in [2.45, 2.75) is 25.2 Å². The number of hydrogen-bond donors (Lipinski definition) is 0. The van der Waals surface area contributed by atoms with Crippen LogP contribution in [0.3, 0.4) is 0 Å². The van der Waals surface area contributed by atoms with Crippen LogP contribution < -0.4 is 0 Å². The van der Waals surface area contributed by atoms with Crippen LogP contribution >= 0.6 is 0 Å². The zero-order valence-corrected chi connectivity index (χ0v) is 10.3. The van der Waals surface area contributed by atoms with Crippen molar-refractivity contribution < 1.29 is 23.7 Å². The van der Waals surface area contributed by atoms with E-state index in [4.69, 9.17) is 18.9 Å². The molecule has 0 aliphatic carbocycles. The molecule has 1 rings (SSSR count). The first-order valence-electron chi connectivity index (χ1n) is 5.66. The summed E-state index contributed by atoms with van der Waals surface area (Å²) in [6.07, 6.45) is 1.87. The van der Waals surface area contributed by atoms with E-state index >= 15 is 0 Å². The maximum absolute atomic E-state index is 10.6. The molecule has 0 saturated carbocycles. The highest BCUT2D eigenvalue weighted by Gasteiger charge is 2.47. The van der Waals surface area contributed by atoms with Crippen molar-refractivity contribution in [1.82, 2.24) is 0 Å². The molecule has 1 aliphatic rings. The Morgan fingerprint density at radius 3 is 2.76 bits per heavy atom. The van der Waals surface area contributed by atoms with Crippen LogP contribution in [0.4, 0.5) is 0 Å². The van der Waals surface area contributed by atoms with Gasteiger partial charge < -0.3 is 23.7 Å². The van der Waals surface area contributed by atoms with Crippen molar-refractivity contribution in [3.63, 3.8) is 0 Å². The quantitative estimate of drug-likeness (QED) is 0.187. The third-order valence-electron chi connectivity index (χ3n) is 2.69. The summed E-state index contributed by atoms with van der Waals surface area (Å²) >= 11 is 0. The van der Waals surface area contributed by atoms with Crippen molar-refractivity contribution >= 4 is 6.29 Å². The molecule has 0 bridgehead atoms. The monoisotopic (exact) mass is 244 g/mol. The molecule has 0 spiro atoms. The van der Waals surface area contributed by atoms with Gasteiger partial charge in [-0.1, -0.05) is 13.0 Å². The van der Waals surface area contributed by atoms with E-state index in [1.807, 2.05) is 6.92 Å². The molecule has 0 radical (unpaired) electrons. The summed E-state index contributed by atoms with van der Waals surface area (Å²) < 4.78 is 20.8. The van der Waals surface area contributed by atoms with Gasteiger partial charge in [0.25, 0.3) is 0 Å². The number of methoxy groups -OCH3 is 1. The number of carbonyl (C=O) groups excluding carboxylic acids is 1. The number of aldehydes is 1. The highest BCUT2D eigenvalue weighted by molar-refractivity contribution is 5.61. The molecule has 4 atom stereocenters. The predicted octanol–water partition coefficient (Wildman–Crippen LogP) is 0.780.